The fourth-order valence-electron chi connectivity index (χ4n) is 1.22. The van der Waals surface area contributed by atoms with Gasteiger partial charge in [-0.3, -0.25) is 9.78 Å². The minimum absolute atomic E-state index is 0.0437. The largest absolute Gasteiger partial charge is 0.394 e. The summed E-state index contributed by atoms with van der Waals surface area (Å²) < 4.78 is 0. The van der Waals surface area contributed by atoms with E-state index in [0.29, 0.717) is 0 Å². The molecule has 0 aliphatic rings. The molecule has 1 N–H and O–H groups in total. The summed E-state index contributed by atoms with van der Waals surface area (Å²) in [7, 11) is 1.70. The maximum absolute atomic E-state index is 11.9. The van der Waals surface area contributed by atoms with Crippen LogP contribution in [0.5, 0.6) is 0 Å². The van der Waals surface area contributed by atoms with Gasteiger partial charge in [0, 0.05) is 18.9 Å². The molecular formula is C12H18N2O2. The quantitative estimate of drug-likeness (QED) is 0.821. The molecule has 0 aromatic carbocycles. The average molecular weight is 222 g/mol. The minimum Gasteiger partial charge on any atom is -0.394 e. The lowest BCUT2D eigenvalue weighted by atomic mass is 10.0. The van der Waals surface area contributed by atoms with E-state index in [1.807, 2.05) is 32.0 Å². The SMILES string of the molecule is CN(C(=O)Cc1ccccn1)C(C)(C)CO. The summed E-state index contributed by atoms with van der Waals surface area (Å²) in [5.74, 6) is -0.0437. The third-order valence-corrected chi connectivity index (χ3v) is 2.73. The molecule has 0 atom stereocenters. The third kappa shape index (κ3) is 3.03. The van der Waals surface area contributed by atoms with E-state index in [0.717, 1.165) is 5.69 Å². The first kappa shape index (κ1) is 12.6. The number of hydrogen-bond acceptors (Lipinski definition) is 3. The van der Waals surface area contributed by atoms with Gasteiger partial charge in [-0.15, -0.1) is 0 Å². The lowest BCUT2D eigenvalue weighted by Gasteiger charge is -2.33. The standard InChI is InChI=1S/C12H18N2O2/c1-12(2,9-15)14(3)11(16)8-10-6-4-5-7-13-10/h4-7,15H,8-9H2,1-3H3. The Hall–Kier alpha value is -1.42. The molecule has 4 nitrogen and oxygen atoms in total. The molecule has 0 saturated heterocycles. The summed E-state index contributed by atoms with van der Waals surface area (Å²) in [4.78, 5) is 17.5. The van der Waals surface area contributed by atoms with Gasteiger partial charge in [-0.1, -0.05) is 6.07 Å². The molecule has 1 aromatic rings. The first-order valence-electron chi connectivity index (χ1n) is 5.25. The number of carbonyl (C=O) groups is 1. The van der Waals surface area contributed by atoms with Crippen molar-refractivity contribution >= 4 is 5.91 Å². The monoisotopic (exact) mass is 222 g/mol. The van der Waals surface area contributed by atoms with E-state index >= 15 is 0 Å². The van der Waals surface area contributed by atoms with E-state index in [-0.39, 0.29) is 18.9 Å². The summed E-state index contributed by atoms with van der Waals surface area (Å²) in [6.07, 6.45) is 1.93. The van der Waals surface area contributed by atoms with E-state index in [1.165, 1.54) is 0 Å². The molecule has 4 heteroatoms. The van der Waals surface area contributed by atoms with E-state index in [4.69, 9.17) is 5.11 Å². The summed E-state index contributed by atoms with van der Waals surface area (Å²) in [6, 6.07) is 5.49. The van der Waals surface area contributed by atoms with E-state index in [9.17, 15) is 4.79 Å². The lowest BCUT2D eigenvalue weighted by Crippen LogP contribution is -2.48. The number of aliphatic hydroxyl groups excluding tert-OH is 1. The van der Waals surface area contributed by atoms with Crippen molar-refractivity contribution in [3.8, 4) is 0 Å². The van der Waals surface area contributed by atoms with E-state index < -0.39 is 5.54 Å². The summed E-state index contributed by atoms with van der Waals surface area (Å²) in [6.45, 7) is 3.59. The van der Waals surface area contributed by atoms with Gasteiger partial charge in [-0.25, -0.2) is 0 Å². The van der Waals surface area contributed by atoms with Crippen LogP contribution in [0.4, 0.5) is 0 Å². The van der Waals surface area contributed by atoms with Gasteiger partial charge in [0.1, 0.15) is 0 Å². The normalized spacial score (nSPS) is 11.2. The van der Waals surface area contributed by atoms with Crippen LogP contribution in [0, 0.1) is 0 Å². The van der Waals surface area contributed by atoms with Gasteiger partial charge < -0.3 is 10.0 Å². The molecule has 0 spiro atoms. The molecule has 1 aromatic heterocycles. The zero-order valence-electron chi connectivity index (χ0n) is 9.97. The van der Waals surface area contributed by atoms with Crippen molar-refractivity contribution in [3.63, 3.8) is 0 Å². The number of rotatable bonds is 4. The van der Waals surface area contributed by atoms with Crippen LogP contribution in [-0.2, 0) is 11.2 Å². The van der Waals surface area contributed by atoms with E-state index in [1.54, 1.807) is 18.1 Å². The number of amides is 1. The average Bonchev–Trinajstić information content (AvgIpc) is 2.29. The van der Waals surface area contributed by atoms with E-state index in [2.05, 4.69) is 4.98 Å². The van der Waals surface area contributed by atoms with Crippen LogP contribution in [0.3, 0.4) is 0 Å². The van der Waals surface area contributed by atoms with Gasteiger partial charge in [-0.05, 0) is 26.0 Å². The first-order chi connectivity index (χ1) is 7.47. The molecule has 1 rings (SSSR count). The lowest BCUT2D eigenvalue weighted by molar-refractivity contribution is -0.135. The molecule has 0 saturated carbocycles. The number of likely N-dealkylation sites (N-methyl/N-ethyl adjacent to an activating group) is 1. The minimum atomic E-state index is -0.536. The van der Waals surface area contributed by atoms with Crippen LogP contribution in [0.2, 0.25) is 0 Å². The smallest absolute Gasteiger partial charge is 0.228 e. The second-order valence-corrected chi connectivity index (χ2v) is 4.42. The molecule has 0 radical (unpaired) electrons. The van der Waals surface area contributed by atoms with Crippen molar-refractivity contribution < 1.29 is 9.90 Å². The fourth-order valence-corrected chi connectivity index (χ4v) is 1.22. The molecule has 16 heavy (non-hydrogen) atoms. The number of hydrogen-bond donors (Lipinski definition) is 1. The molecule has 0 bridgehead atoms. The molecule has 0 aliphatic carbocycles. The Morgan fingerprint density at radius 3 is 2.69 bits per heavy atom. The Kier molecular flexibility index (Phi) is 4.01. The van der Waals surface area contributed by atoms with Crippen LogP contribution >= 0.6 is 0 Å². The van der Waals surface area contributed by atoms with Gasteiger partial charge in [-0.2, -0.15) is 0 Å². The van der Waals surface area contributed by atoms with Crippen molar-refractivity contribution in [2.24, 2.45) is 0 Å². The second kappa shape index (κ2) is 5.07. The zero-order chi connectivity index (χ0) is 12.2. The number of carbonyl (C=O) groups excluding carboxylic acids is 1. The molecule has 0 fully saturated rings. The Labute approximate surface area is 95.9 Å². The van der Waals surface area contributed by atoms with Crippen molar-refractivity contribution in [2.45, 2.75) is 25.8 Å². The highest BCUT2D eigenvalue weighted by Crippen LogP contribution is 2.12. The van der Waals surface area contributed by atoms with Crippen molar-refractivity contribution in [1.29, 1.82) is 0 Å². The maximum Gasteiger partial charge on any atom is 0.228 e. The number of aliphatic hydroxyl groups is 1. The predicted octanol–water partition coefficient (Wildman–Crippen LogP) is 0.853. The van der Waals surface area contributed by atoms with Crippen LogP contribution in [0.15, 0.2) is 24.4 Å². The summed E-state index contributed by atoms with van der Waals surface area (Å²) in [5, 5.41) is 9.17. The predicted molar refractivity (Wildman–Crippen MR) is 61.9 cm³/mol. The van der Waals surface area contributed by atoms with Crippen molar-refractivity contribution in [2.75, 3.05) is 13.7 Å². The van der Waals surface area contributed by atoms with Crippen LogP contribution in [0.1, 0.15) is 19.5 Å². The zero-order valence-corrected chi connectivity index (χ0v) is 9.97. The van der Waals surface area contributed by atoms with Gasteiger partial charge >= 0.3 is 0 Å². The molecule has 0 aliphatic heterocycles. The Bertz CT molecular complexity index is 349. The van der Waals surface area contributed by atoms with Crippen molar-refractivity contribution in [1.82, 2.24) is 9.88 Å². The van der Waals surface area contributed by atoms with Gasteiger partial charge in [0.2, 0.25) is 5.91 Å². The highest BCUT2D eigenvalue weighted by atomic mass is 16.3. The second-order valence-electron chi connectivity index (χ2n) is 4.42. The number of aromatic nitrogens is 1. The van der Waals surface area contributed by atoms with Gasteiger partial charge in [0.25, 0.3) is 0 Å². The molecule has 1 amide bonds. The number of pyridine rings is 1. The topological polar surface area (TPSA) is 53.4 Å². The van der Waals surface area contributed by atoms with Crippen LogP contribution in [-0.4, -0.2) is 40.1 Å². The highest BCUT2D eigenvalue weighted by molar-refractivity contribution is 5.78. The maximum atomic E-state index is 11.9. The number of nitrogens with zero attached hydrogens (tertiary/aromatic N) is 2. The first-order valence-corrected chi connectivity index (χ1v) is 5.25. The molecule has 88 valence electrons. The summed E-state index contributed by atoms with van der Waals surface area (Å²) in [5.41, 5.74) is 0.208. The van der Waals surface area contributed by atoms with Crippen molar-refractivity contribution in [3.05, 3.63) is 30.1 Å². The van der Waals surface area contributed by atoms with Crippen LogP contribution in [0.25, 0.3) is 0 Å². The third-order valence-electron chi connectivity index (χ3n) is 2.73. The van der Waals surface area contributed by atoms with Gasteiger partial charge in [0.05, 0.1) is 18.6 Å². The summed E-state index contributed by atoms with van der Waals surface area (Å²) >= 11 is 0. The molecule has 0 unspecified atom stereocenters. The van der Waals surface area contributed by atoms with Crippen LogP contribution < -0.4 is 0 Å². The Morgan fingerprint density at radius 1 is 1.50 bits per heavy atom. The Balaban J connectivity index is 2.66. The highest BCUT2D eigenvalue weighted by Gasteiger charge is 2.26. The molecular weight excluding hydrogens is 204 g/mol. The van der Waals surface area contributed by atoms with Gasteiger partial charge in [0.15, 0.2) is 0 Å². The molecule has 1 heterocycles. The fraction of sp³-hybridized carbons (Fsp3) is 0.500. The Morgan fingerprint density at radius 2 is 2.19 bits per heavy atom.